The van der Waals surface area contributed by atoms with Gasteiger partial charge in [-0.1, -0.05) is 24.1 Å². The molecule has 1 aliphatic heterocycles. The first-order chi connectivity index (χ1) is 13.4. The normalized spacial score (nSPS) is 23.6. The summed E-state index contributed by atoms with van der Waals surface area (Å²) >= 11 is 0. The van der Waals surface area contributed by atoms with Crippen molar-refractivity contribution in [3.8, 4) is 5.75 Å². The number of nitrogens with zero attached hydrogens (tertiary/aromatic N) is 1. The van der Waals surface area contributed by atoms with Crippen molar-refractivity contribution in [2.75, 3.05) is 6.54 Å². The third-order valence-electron chi connectivity index (χ3n) is 5.98. The average molecular weight is 383 g/mol. The number of carboxylic acids is 1. The van der Waals surface area contributed by atoms with Gasteiger partial charge < -0.3 is 19.2 Å². The lowest BCUT2D eigenvalue weighted by Gasteiger charge is -2.23. The number of aryl methyl sites for hydroxylation is 2. The Morgan fingerprint density at radius 2 is 2.04 bits per heavy atom. The average Bonchev–Trinajstić information content (AvgIpc) is 3.35. The maximum atomic E-state index is 12.9. The van der Waals surface area contributed by atoms with Crippen molar-refractivity contribution >= 4 is 11.9 Å². The summed E-state index contributed by atoms with van der Waals surface area (Å²) in [5.74, 6) is 0.552. The smallest absolute Gasteiger partial charge is 0.326 e. The largest absolute Gasteiger partial charge is 0.485 e. The second-order valence-corrected chi connectivity index (χ2v) is 7.92. The van der Waals surface area contributed by atoms with E-state index in [2.05, 4.69) is 0 Å². The molecule has 1 N–H and O–H groups in total. The summed E-state index contributed by atoms with van der Waals surface area (Å²) in [6, 6.07) is 8.51. The first-order valence-corrected chi connectivity index (χ1v) is 9.76. The monoisotopic (exact) mass is 383 g/mol. The molecule has 1 saturated carbocycles. The van der Waals surface area contributed by atoms with Crippen LogP contribution in [-0.4, -0.2) is 34.5 Å². The van der Waals surface area contributed by atoms with Gasteiger partial charge in [0.05, 0.1) is 0 Å². The van der Waals surface area contributed by atoms with Gasteiger partial charge in [0.2, 0.25) is 0 Å². The Morgan fingerprint density at radius 3 is 2.79 bits per heavy atom. The molecule has 3 unspecified atom stereocenters. The number of carbonyl (C=O) groups excluding carboxylic acids is 1. The van der Waals surface area contributed by atoms with Crippen LogP contribution in [-0.2, 0) is 11.4 Å². The molecule has 6 nitrogen and oxygen atoms in total. The molecule has 1 saturated heterocycles. The van der Waals surface area contributed by atoms with Crippen LogP contribution in [0.3, 0.4) is 0 Å². The van der Waals surface area contributed by atoms with Gasteiger partial charge >= 0.3 is 5.97 Å². The maximum absolute atomic E-state index is 12.9. The van der Waals surface area contributed by atoms with Crippen molar-refractivity contribution in [2.24, 2.45) is 11.8 Å². The van der Waals surface area contributed by atoms with E-state index in [0.717, 1.165) is 30.6 Å². The molecular formula is C22H25NO5. The highest BCUT2D eigenvalue weighted by atomic mass is 16.5. The summed E-state index contributed by atoms with van der Waals surface area (Å²) in [5.41, 5.74) is 2.20. The van der Waals surface area contributed by atoms with Gasteiger partial charge in [-0.2, -0.15) is 0 Å². The fraction of sp³-hybridized carbons (Fsp3) is 0.455. The standard InChI is InChI=1S/C22H25NO5/c1-13-6-8-18(14(2)10-13)27-12-16-7-9-19(28-16)21(24)23-11-15-4-3-5-17(15)20(23)22(25)26/h6-10,15,17,20H,3-5,11-12H2,1-2H3,(H,25,26). The quantitative estimate of drug-likeness (QED) is 0.849. The van der Waals surface area contributed by atoms with Crippen molar-refractivity contribution in [1.82, 2.24) is 4.90 Å². The molecule has 28 heavy (non-hydrogen) atoms. The van der Waals surface area contributed by atoms with Crippen LogP contribution in [0.2, 0.25) is 0 Å². The number of amides is 1. The van der Waals surface area contributed by atoms with Crippen LogP contribution in [0.1, 0.15) is 46.7 Å². The first kappa shape index (κ1) is 18.6. The Labute approximate surface area is 164 Å². The third-order valence-corrected chi connectivity index (χ3v) is 5.98. The minimum absolute atomic E-state index is 0.0590. The molecular weight excluding hydrogens is 358 g/mol. The summed E-state index contributed by atoms with van der Waals surface area (Å²) in [4.78, 5) is 26.1. The molecule has 2 heterocycles. The third kappa shape index (κ3) is 3.39. The number of carbonyl (C=O) groups is 2. The molecule has 3 atom stereocenters. The van der Waals surface area contributed by atoms with Crippen molar-refractivity contribution in [2.45, 2.75) is 45.8 Å². The van der Waals surface area contributed by atoms with Gasteiger partial charge in [-0.3, -0.25) is 4.79 Å². The number of carboxylic acid groups (broad SMARTS) is 1. The SMILES string of the molecule is Cc1ccc(OCc2ccc(C(=O)N3CC4CCCC4C3C(=O)O)o2)c(C)c1. The maximum Gasteiger partial charge on any atom is 0.326 e. The Kier molecular flexibility index (Phi) is 4.87. The van der Waals surface area contributed by atoms with Gasteiger partial charge in [0.25, 0.3) is 5.91 Å². The van der Waals surface area contributed by atoms with Crippen LogP contribution >= 0.6 is 0 Å². The highest BCUT2D eigenvalue weighted by Crippen LogP contribution is 2.42. The van der Waals surface area contributed by atoms with E-state index < -0.39 is 12.0 Å². The van der Waals surface area contributed by atoms with E-state index in [4.69, 9.17) is 9.15 Å². The molecule has 148 valence electrons. The first-order valence-electron chi connectivity index (χ1n) is 9.76. The predicted molar refractivity (Wildman–Crippen MR) is 102 cm³/mol. The van der Waals surface area contributed by atoms with Crippen LogP contribution in [0.25, 0.3) is 0 Å². The zero-order chi connectivity index (χ0) is 19.8. The number of furan rings is 1. The van der Waals surface area contributed by atoms with Gasteiger partial charge in [0.1, 0.15) is 24.2 Å². The number of fused-ring (bicyclic) bond motifs is 1. The minimum atomic E-state index is -0.923. The molecule has 1 amide bonds. The van der Waals surface area contributed by atoms with Crippen LogP contribution in [0, 0.1) is 25.7 Å². The van der Waals surface area contributed by atoms with E-state index in [0.29, 0.717) is 12.3 Å². The lowest BCUT2D eigenvalue weighted by molar-refractivity contribution is -0.142. The Morgan fingerprint density at radius 1 is 1.21 bits per heavy atom. The lowest BCUT2D eigenvalue weighted by Crippen LogP contribution is -2.43. The number of aliphatic carboxylic acids is 1. The van der Waals surface area contributed by atoms with E-state index in [9.17, 15) is 14.7 Å². The van der Waals surface area contributed by atoms with Crippen molar-refractivity contribution in [3.05, 3.63) is 53.0 Å². The van der Waals surface area contributed by atoms with Crippen molar-refractivity contribution < 1.29 is 23.8 Å². The van der Waals surface area contributed by atoms with E-state index in [1.165, 1.54) is 10.5 Å². The van der Waals surface area contributed by atoms with Crippen molar-refractivity contribution in [3.63, 3.8) is 0 Å². The fourth-order valence-corrected chi connectivity index (χ4v) is 4.65. The van der Waals surface area contributed by atoms with Crippen LogP contribution < -0.4 is 4.74 Å². The number of likely N-dealkylation sites (tertiary alicyclic amines) is 1. The molecule has 2 fully saturated rings. The molecule has 6 heteroatoms. The number of rotatable bonds is 5. The summed E-state index contributed by atoms with van der Waals surface area (Å²) in [6.45, 7) is 4.72. The van der Waals surface area contributed by atoms with Gasteiger partial charge in [-0.05, 0) is 62.3 Å². The van der Waals surface area contributed by atoms with E-state index >= 15 is 0 Å². The second kappa shape index (κ2) is 7.34. The molecule has 1 aromatic heterocycles. The highest BCUT2D eigenvalue weighted by Gasteiger charge is 2.50. The lowest BCUT2D eigenvalue weighted by atomic mass is 9.94. The summed E-state index contributed by atoms with van der Waals surface area (Å²) in [7, 11) is 0. The zero-order valence-corrected chi connectivity index (χ0v) is 16.2. The second-order valence-electron chi connectivity index (χ2n) is 7.92. The number of ether oxygens (including phenoxy) is 1. The van der Waals surface area contributed by atoms with Crippen LogP contribution in [0.15, 0.2) is 34.7 Å². The van der Waals surface area contributed by atoms with Gasteiger partial charge in [-0.25, -0.2) is 4.79 Å². The van der Waals surface area contributed by atoms with Gasteiger partial charge in [-0.15, -0.1) is 0 Å². The molecule has 1 aliphatic carbocycles. The molecule has 1 aromatic carbocycles. The molecule has 2 aliphatic rings. The molecule has 0 radical (unpaired) electrons. The van der Waals surface area contributed by atoms with Crippen molar-refractivity contribution in [1.29, 1.82) is 0 Å². The molecule has 2 aromatic rings. The Balaban J connectivity index is 1.45. The number of benzene rings is 1. The predicted octanol–water partition coefficient (Wildman–Crippen LogP) is 3.80. The Bertz CT molecular complexity index is 902. The minimum Gasteiger partial charge on any atom is -0.485 e. The molecule has 0 bridgehead atoms. The van der Waals surface area contributed by atoms with Gasteiger partial charge in [0, 0.05) is 6.54 Å². The summed E-state index contributed by atoms with van der Waals surface area (Å²) in [6.07, 6.45) is 2.91. The van der Waals surface area contributed by atoms with E-state index in [1.54, 1.807) is 12.1 Å². The van der Waals surface area contributed by atoms with E-state index in [1.807, 2.05) is 32.0 Å². The molecule has 4 rings (SSSR count). The Hall–Kier alpha value is -2.76. The van der Waals surface area contributed by atoms with Crippen LogP contribution in [0.4, 0.5) is 0 Å². The summed E-state index contributed by atoms with van der Waals surface area (Å²) < 4.78 is 11.5. The van der Waals surface area contributed by atoms with Crippen LogP contribution in [0.5, 0.6) is 5.75 Å². The highest BCUT2D eigenvalue weighted by molar-refractivity contribution is 5.95. The number of hydrogen-bond acceptors (Lipinski definition) is 4. The van der Waals surface area contributed by atoms with Gasteiger partial charge in [0.15, 0.2) is 5.76 Å². The zero-order valence-electron chi connectivity index (χ0n) is 16.2. The summed E-state index contributed by atoms with van der Waals surface area (Å²) in [5, 5.41) is 9.64. The fourth-order valence-electron chi connectivity index (χ4n) is 4.65. The molecule has 0 spiro atoms. The van der Waals surface area contributed by atoms with E-state index in [-0.39, 0.29) is 30.1 Å². The topological polar surface area (TPSA) is 80.0 Å². The number of hydrogen-bond donors (Lipinski definition) is 1.